The summed E-state index contributed by atoms with van der Waals surface area (Å²) >= 11 is 5.87. The SMILES string of the molecule is CCOCC(NN)c1cccc(Cl)c1. The maximum absolute atomic E-state index is 5.87. The smallest absolute Gasteiger partial charge is 0.0694 e. The lowest BCUT2D eigenvalue weighted by Gasteiger charge is -2.16. The van der Waals surface area contributed by atoms with Gasteiger partial charge in [-0.25, -0.2) is 0 Å². The first kappa shape index (κ1) is 11.5. The van der Waals surface area contributed by atoms with E-state index in [4.69, 9.17) is 22.2 Å². The van der Waals surface area contributed by atoms with E-state index in [9.17, 15) is 0 Å². The van der Waals surface area contributed by atoms with Crippen molar-refractivity contribution in [1.29, 1.82) is 0 Å². The first-order chi connectivity index (χ1) is 6.77. The van der Waals surface area contributed by atoms with Crippen LogP contribution in [0.3, 0.4) is 0 Å². The minimum absolute atomic E-state index is 0.00588. The zero-order valence-corrected chi connectivity index (χ0v) is 8.92. The van der Waals surface area contributed by atoms with Crippen LogP contribution in [0.5, 0.6) is 0 Å². The molecule has 0 bridgehead atoms. The Hall–Kier alpha value is -0.610. The zero-order valence-electron chi connectivity index (χ0n) is 8.16. The Morgan fingerprint density at radius 1 is 1.57 bits per heavy atom. The predicted molar refractivity (Wildman–Crippen MR) is 58.0 cm³/mol. The molecule has 3 N–H and O–H groups in total. The lowest BCUT2D eigenvalue weighted by atomic mass is 10.1. The molecule has 1 aromatic carbocycles. The molecular weight excluding hydrogens is 200 g/mol. The van der Waals surface area contributed by atoms with Crippen molar-refractivity contribution in [2.75, 3.05) is 13.2 Å². The Labute approximate surface area is 89.2 Å². The number of hydrogen-bond donors (Lipinski definition) is 2. The van der Waals surface area contributed by atoms with Gasteiger partial charge in [-0.3, -0.25) is 11.3 Å². The van der Waals surface area contributed by atoms with Crippen molar-refractivity contribution < 1.29 is 4.74 Å². The molecule has 0 saturated carbocycles. The number of ether oxygens (including phenoxy) is 1. The van der Waals surface area contributed by atoms with E-state index in [0.29, 0.717) is 18.2 Å². The number of halogens is 1. The van der Waals surface area contributed by atoms with Crippen LogP contribution < -0.4 is 11.3 Å². The maximum atomic E-state index is 5.87. The summed E-state index contributed by atoms with van der Waals surface area (Å²) in [6.45, 7) is 3.18. The van der Waals surface area contributed by atoms with Crippen LogP contribution in [0.25, 0.3) is 0 Å². The Kier molecular flexibility index (Phi) is 4.90. The molecule has 0 amide bonds. The molecule has 0 aromatic heterocycles. The van der Waals surface area contributed by atoms with E-state index in [2.05, 4.69) is 5.43 Å². The van der Waals surface area contributed by atoms with Crippen LogP contribution in [0.4, 0.5) is 0 Å². The summed E-state index contributed by atoms with van der Waals surface area (Å²) in [5, 5.41) is 0.708. The van der Waals surface area contributed by atoms with Crippen LogP contribution in [0.2, 0.25) is 5.02 Å². The van der Waals surface area contributed by atoms with Crippen LogP contribution in [0, 0.1) is 0 Å². The monoisotopic (exact) mass is 214 g/mol. The quantitative estimate of drug-likeness (QED) is 0.581. The van der Waals surface area contributed by atoms with Gasteiger partial charge < -0.3 is 4.74 Å². The molecule has 3 nitrogen and oxygen atoms in total. The Bertz CT molecular complexity index is 281. The summed E-state index contributed by atoms with van der Waals surface area (Å²) in [5.41, 5.74) is 3.73. The van der Waals surface area contributed by atoms with Gasteiger partial charge in [0.1, 0.15) is 0 Å². The highest BCUT2D eigenvalue weighted by Crippen LogP contribution is 2.17. The fourth-order valence-corrected chi connectivity index (χ4v) is 1.40. The van der Waals surface area contributed by atoms with Crippen molar-refractivity contribution in [2.24, 2.45) is 5.84 Å². The van der Waals surface area contributed by atoms with E-state index in [1.807, 2.05) is 31.2 Å². The van der Waals surface area contributed by atoms with Gasteiger partial charge in [0.25, 0.3) is 0 Å². The third-order valence-electron chi connectivity index (χ3n) is 1.94. The summed E-state index contributed by atoms with van der Waals surface area (Å²) in [6, 6.07) is 7.57. The number of nitrogens with two attached hydrogens (primary N) is 1. The second-order valence-corrected chi connectivity index (χ2v) is 3.37. The summed E-state index contributed by atoms with van der Waals surface area (Å²) < 4.78 is 5.30. The van der Waals surface area contributed by atoms with E-state index < -0.39 is 0 Å². The van der Waals surface area contributed by atoms with Crippen molar-refractivity contribution in [3.8, 4) is 0 Å². The minimum atomic E-state index is -0.00588. The van der Waals surface area contributed by atoms with Crippen molar-refractivity contribution in [1.82, 2.24) is 5.43 Å². The summed E-state index contributed by atoms with van der Waals surface area (Å²) in [4.78, 5) is 0. The number of nitrogens with one attached hydrogen (secondary N) is 1. The molecule has 0 heterocycles. The van der Waals surface area contributed by atoms with Crippen molar-refractivity contribution >= 4 is 11.6 Å². The first-order valence-electron chi connectivity index (χ1n) is 4.57. The molecule has 0 spiro atoms. The molecule has 14 heavy (non-hydrogen) atoms. The second kappa shape index (κ2) is 5.98. The van der Waals surface area contributed by atoms with Gasteiger partial charge in [-0.1, -0.05) is 23.7 Å². The molecule has 0 aliphatic carbocycles. The Balaban J connectivity index is 2.68. The highest BCUT2D eigenvalue weighted by atomic mass is 35.5. The molecule has 1 atom stereocenters. The Morgan fingerprint density at radius 2 is 2.36 bits per heavy atom. The van der Waals surface area contributed by atoms with E-state index in [1.165, 1.54) is 0 Å². The predicted octanol–water partition coefficient (Wildman–Crippen LogP) is 1.88. The van der Waals surface area contributed by atoms with Crippen LogP contribution in [0.1, 0.15) is 18.5 Å². The maximum Gasteiger partial charge on any atom is 0.0694 e. The molecule has 0 aliphatic heterocycles. The molecule has 0 aliphatic rings. The summed E-state index contributed by atoms with van der Waals surface area (Å²) in [7, 11) is 0. The fourth-order valence-electron chi connectivity index (χ4n) is 1.20. The lowest BCUT2D eigenvalue weighted by Crippen LogP contribution is -2.31. The standard InChI is InChI=1S/C10H15ClN2O/c1-2-14-7-10(13-12)8-4-3-5-9(11)6-8/h3-6,10,13H,2,7,12H2,1H3. The van der Waals surface area contributed by atoms with Crippen molar-refractivity contribution in [3.63, 3.8) is 0 Å². The molecule has 0 radical (unpaired) electrons. The van der Waals surface area contributed by atoms with Gasteiger partial charge >= 0.3 is 0 Å². The van der Waals surface area contributed by atoms with Crippen LogP contribution in [-0.2, 0) is 4.74 Å². The van der Waals surface area contributed by atoms with Crippen LogP contribution >= 0.6 is 11.6 Å². The molecule has 0 saturated heterocycles. The molecule has 0 fully saturated rings. The molecular formula is C10H15ClN2O. The average Bonchev–Trinajstić information content (AvgIpc) is 2.19. The largest absolute Gasteiger partial charge is 0.380 e. The van der Waals surface area contributed by atoms with E-state index in [0.717, 1.165) is 5.56 Å². The van der Waals surface area contributed by atoms with Gasteiger partial charge in [-0.2, -0.15) is 0 Å². The number of hydrazine groups is 1. The average molecular weight is 215 g/mol. The number of hydrogen-bond acceptors (Lipinski definition) is 3. The van der Waals surface area contributed by atoms with Crippen LogP contribution in [-0.4, -0.2) is 13.2 Å². The number of benzene rings is 1. The number of rotatable bonds is 5. The Morgan fingerprint density at radius 3 is 2.93 bits per heavy atom. The van der Waals surface area contributed by atoms with Gasteiger partial charge in [-0.05, 0) is 24.6 Å². The molecule has 78 valence electrons. The molecule has 1 rings (SSSR count). The lowest BCUT2D eigenvalue weighted by molar-refractivity contribution is 0.123. The van der Waals surface area contributed by atoms with Crippen molar-refractivity contribution in [3.05, 3.63) is 34.9 Å². The molecule has 4 heteroatoms. The van der Waals surface area contributed by atoms with E-state index in [-0.39, 0.29) is 6.04 Å². The van der Waals surface area contributed by atoms with Gasteiger partial charge in [0.15, 0.2) is 0 Å². The van der Waals surface area contributed by atoms with Gasteiger partial charge in [0, 0.05) is 11.6 Å². The van der Waals surface area contributed by atoms with Crippen LogP contribution in [0.15, 0.2) is 24.3 Å². The van der Waals surface area contributed by atoms with Crippen molar-refractivity contribution in [2.45, 2.75) is 13.0 Å². The van der Waals surface area contributed by atoms with E-state index >= 15 is 0 Å². The second-order valence-electron chi connectivity index (χ2n) is 2.93. The van der Waals surface area contributed by atoms with Gasteiger partial charge in [-0.15, -0.1) is 0 Å². The van der Waals surface area contributed by atoms with E-state index in [1.54, 1.807) is 0 Å². The first-order valence-corrected chi connectivity index (χ1v) is 4.95. The highest BCUT2D eigenvalue weighted by Gasteiger charge is 2.09. The minimum Gasteiger partial charge on any atom is -0.380 e. The zero-order chi connectivity index (χ0) is 10.4. The molecule has 1 unspecified atom stereocenters. The van der Waals surface area contributed by atoms with Gasteiger partial charge in [0.2, 0.25) is 0 Å². The highest BCUT2D eigenvalue weighted by molar-refractivity contribution is 6.30. The molecule has 1 aromatic rings. The summed E-state index contributed by atoms with van der Waals surface area (Å²) in [5.74, 6) is 5.42. The third-order valence-corrected chi connectivity index (χ3v) is 2.18. The fraction of sp³-hybridized carbons (Fsp3) is 0.400. The summed E-state index contributed by atoms with van der Waals surface area (Å²) in [6.07, 6.45) is 0. The topological polar surface area (TPSA) is 47.3 Å². The third kappa shape index (κ3) is 3.27. The van der Waals surface area contributed by atoms with Gasteiger partial charge in [0.05, 0.1) is 12.6 Å². The normalized spacial score (nSPS) is 12.8.